The molecule has 1 saturated carbocycles. The molecule has 2 N–H and O–H groups in total. The maximum atomic E-state index is 12.7. The molecule has 0 spiro atoms. The molecule has 1 rings (SSSR count). The van der Waals surface area contributed by atoms with Crippen molar-refractivity contribution in [2.24, 2.45) is 5.92 Å². The van der Waals surface area contributed by atoms with Gasteiger partial charge in [-0.2, -0.15) is 0 Å². The van der Waals surface area contributed by atoms with Gasteiger partial charge in [0.15, 0.2) is 0 Å². The van der Waals surface area contributed by atoms with Crippen LogP contribution in [-0.4, -0.2) is 54.1 Å². The number of Topliss-reactive ketones (excluding diaryl/α,β-unsaturated/α-hetero) is 1. The third-order valence-corrected chi connectivity index (χ3v) is 9.58. The molecule has 0 amide bonds. The lowest BCUT2D eigenvalue weighted by Gasteiger charge is -2.28. The molecule has 41 heavy (non-hydrogen) atoms. The fourth-order valence-electron chi connectivity index (χ4n) is 6.63. The van der Waals surface area contributed by atoms with Gasteiger partial charge in [0.25, 0.3) is 0 Å². The van der Waals surface area contributed by atoms with E-state index in [1.165, 1.54) is 129 Å². The van der Waals surface area contributed by atoms with Crippen LogP contribution in [0.2, 0.25) is 0 Å². The number of aliphatic hydroxyl groups excluding tert-OH is 1. The van der Waals surface area contributed by atoms with E-state index in [0.717, 1.165) is 70.4 Å². The number of rotatable bonds is 30. The quantitative estimate of drug-likeness (QED) is 0.0833. The van der Waals surface area contributed by atoms with Crippen molar-refractivity contribution in [1.29, 1.82) is 0 Å². The number of unbranched alkanes of at least 4 members (excludes halogenated alkanes) is 13. The van der Waals surface area contributed by atoms with Crippen LogP contribution in [0.5, 0.6) is 0 Å². The van der Waals surface area contributed by atoms with Crippen LogP contribution in [0.1, 0.15) is 188 Å². The van der Waals surface area contributed by atoms with Crippen LogP contribution in [0, 0.1) is 5.92 Å². The standard InChI is InChI=1S/C37H74N2O2/c1-4-7-10-13-14-17-22-34(21-16-11-8-5-2)24-27-36(40)23-18-15-20-32-39(31-19-12-9-6-3)33-30-38-35-25-28-37(41)29-26-35/h34-35,37-38,41H,4-33H2,1-3H3. The van der Waals surface area contributed by atoms with Gasteiger partial charge in [-0.25, -0.2) is 0 Å². The van der Waals surface area contributed by atoms with Gasteiger partial charge in [0.2, 0.25) is 0 Å². The third-order valence-electron chi connectivity index (χ3n) is 9.58. The Labute approximate surface area is 257 Å². The van der Waals surface area contributed by atoms with Crippen LogP contribution in [0.4, 0.5) is 0 Å². The molecule has 1 aliphatic carbocycles. The monoisotopic (exact) mass is 579 g/mol. The highest BCUT2D eigenvalue weighted by Gasteiger charge is 2.19. The van der Waals surface area contributed by atoms with E-state index in [-0.39, 0.29) is 6.10 Å². The first-order chi connectivity index (χ1) is 20.1. The highest BCUT2D eigenvalue weighted by Crippen LogP contribution is 2.24. The number of carbonyl (C=O) groups excluding carboxylic acids is 1. The smallest absolute Gasteiger partial charge is 0.132 e. The molecule has 0 aromatic carbocycles. The summed E-state index contributed by atoms with van der Waals surface area (Å²) in [6, 6.07) is 0.591. The lowest BCUT2D eigenvalue weighted by Crippen LogP contribution is -2.40. The van der Waals surface area contributed by atoms with Crippen LogP contribution in [0.15, 0.2) is 0 Å². The summed E-state index contributed by atoms with van der Waals surface area (Å²) in [4.78, 5) is 15.4. The van der Waals surface area contributed by atoms with Crippen molar-refractivity contribution in [3.05, 3.63) is 0 Å². The summed E-state index contributed by atoms with van der Waals surface area (Å²) < 4.78 is 0. The molecule has 0 aliphatic heterocycles. The molecule has 0 aromatic rings. The highest BCUT2D eigenvalue weighted by molar-refractivity contribution is 5.78. The molecule has 1 atom stereocenters. The van der Waals surface area contributed by atoms with Gasteiger partial charge < -0.3 is 15.3 Å². The van der Waals surface area contributed by atoms with Crippen molar-refractivity contribution in [3.8, 4) is 0 Å². The summed E-state index contributed by atoms with van der Waals surface area (Å²) in [5.74, 6) is 1.29. The minimum absolute atomic E-state index is 0.0721. The Morgan fingerprint density at radius 2 is 1.15 bits per heavy atom. The maximum Gasteiger partial charge on any atom is 0.132 e. The average molecular weight is 579 g/mol. The summed E-state index contributed by atoms with van der Waals surface area (Å²) >= 11 is 0. The Morgan fingerprint density at radius 3 is 1.76 bits per heavy atom. The summed E-state index contributed by atoms with van der Waals surface area (Å²) in [6.45, 7) is 11.4. The maximum absolute atomic E-state index is 12.7. The molecular weight excluding hydrogens is 504 g/mol. The van der Waals surface area contributed by atoms with Gasteiger partial charge in [-0.3, -0.25) is 4.79 Å². The van der Waals surface area contributed by atoms with Crippen molar-refractivity contribution >= 4 is 5.78 Å². The zero-order chi connectivity index (χ0) is 29.8. The van der Waals surface area contributed by atoms with Gasteiger partial charge in [-0.15, -0.1) is 0 Å². The van der Waals surface area contributed by atoms with Crippen LogP contribution in [0.3, 0.4) is 0 Å². The number of aliphatic hydroxyl groups is 1. The summed E-state index contributed by atoms with van der Waals surface area (Å²) in [7, 11) is 0. The van der Waals surface area contributed by atoms with Crippen molar-refractivity contribution in [1.82, 2.24) is 10.2 Å². The number of ketones is 1. The van der Waals surface area contributed by atoms with E-state index < -0.39 is 0 Å². The number of hydrogen-bond acceptors (Lipinski definition) is 4. The molecule has 0 bridgehead atoms. The third kappa shape index (κ3) is 23.7. The summed E-state index contributed by atoms with van der Waals surface area (Å²) in [5.41, 5.74) is 0. The SMILES string of the molecule is CCCCCCCCC(CCCCCC)CCC(=O)CCCCCN(CCCCCC)CCNC1CCC(O)CC1. The molecule has 0 heterocycles. The van der Waals surface area contributed by atoms with Crippen LogP contribution >= 0.6 is 0 Å². The van der Waals surface area contributed by atoms with Crippen LogP contribution < -0.4 is 5.32 Å². The fourth-order valence-corrected chi connectivity index (χ4v) is 6.63. The topological polar surface area (TPSA) is 52.6 Å². The lowest BCUT2D eigenvalue weighted by molar-refractivity contribution is -0.119. The van der Waals surface area contributed by atoms with Crippen molar-refractivity contribution in [3.63, 3.8) is 0 Å². The first kappa shape index (κ1) is 38.6. The number of nitrogens with one attached hydrogen (secondary N) is 1. The molecule has 244 valence electrons. The minimum atomic E-state index is -0.0721. The van der Waals surface area contributed by atoms with Gasteiger partial charge in [0, 0.05) is 32.0 Å². The molecule has 0 aromatic heterocycles. The first-order valence-corrected chi connectivity index (χ1v) is 18.7. The molecule has 0 radical (unpaired) electrons. The molecule has 1 aliphatic rings. The number of carbonyl (C=O) groups is 1. The van der Waals surface area contributed by atoms with Gasteiger partial charge in [0.05, 0.1) is 6.10 Å². The molecule has 1 unspecified atom stereocenters. The number of hydrogen-bond donors (Lipinski definition) is 2. The zero-order valence-electron chi connectivity index (χ0n) is 28.2. The molecule has 4 heteroatoms. The first-order valence-electron chi connectivity index (χ1n) is 18.7. The van der Waals surface area contributed by atoms with E-state index in [2.05, 4.69) is 31.0 Å². The van der Waals surface area contributed by atoms with Gasteiger partial charge in [-0.05, 0) is 70.4 Å². The van der Waals surface area contributed by atoms with E-state index in [9.17, 15) is 9.90 Å². The van der Waals surface area contributed by atoms with Gasteiger partial charge in [-0.1, -0.05) is 124 Å². The van der Waals surface area contributed by atoms with Crippen molar-refractivity contribution in [2.75, 3.05) is 26.2 Å². The Bertz CT molecular complexity index is 561. The normalized spacial score (nSPS) is 18.3. The van der Waals surface area contributed by atoms with E-state index >= 15 is 0 Å². The van der Waals surface area contributed by atoms with E-state index in [4.69, 9.17) is 0 Å². The largest absolute Gasteiger partial charge is 0.393 e. The van der Waals surface area contributed by atoms with Crippen molar-refractivity contribution < 1.29 is 9.90 Å². The summed E-state index contributed by atoms with van der Waals surface area (Å²) in [6.07, 6.45) is 31.9. The predicted octanol–water partition coefficient (Wildman–Crippen LogP) is 10.0. The van der Waals surface area contributed by atoms with Crippen LogP contribution in [-0.2, 0) is 4.79 Å². The average Bonchev–Trinajstić information content (AvgIpc) is 2.98. The lowest BCUT2D eigenvalue weighted by atomic mass is 9.89. The van der Waals surface area contributed by atoms with E-state index in [1.54, 1.807) is 0 Å². The number of nitrogens with zero attached hydrogens (tertiary/aromatic N) is 1. The Balaban J connectivity index is 2.25. The van der Waals surface area contributed by atoms with Crippen molar-refractivity contribution in [2.45, 2.75) is 200 Å². The second-order valence-electron chi connectivity index (χ2n) is 13.5. The van der Waals surface area contributed by atoms with Gasteiger partial charge >= 0.3 is 0 Å². The second-order valence-corrected chi connectivity index (χ2v) is 13.5. The second kappa shape index (κ2) is 28.3. The molecular formula is C37H74N2O2. The Hall–Kier alpha value is -0.450. The Morgan fingerprint density at radius 1 is 0.634 bits per heavy atom. The summed E-state index contributed by atoms with van der Waals surface area (Å²) in [5, 5.41) is 13.5. The minimum Gasteiger partial charge on any atom is -0.393 e. The van der Waals surface area contributed by atoms with E-state index in [0.29, 0.717) is 11.8 Å². The molecule has 4 nitrogen and oxygen atoms in total. The Kier molecular flexibility index (Phi) is 26.7. The predicted molar refractivity (Wildman–Crippen MR) is 180 cm³/mol. The van der Waals surface area contributed by atoms with Gasteiger partial charge in [0.1, 0.15) is 5.78 Å². The van der Waals surface area contributed by atoms with E-state index in [1.807, 2.05) is 0 Å². The zero-order valence-corrected chi connectivity index (χ0v) is 28.2. The fraction of sp³-hybridized carbons (Fsp3) is 0.973. The van der Waals surface area contributed by atoms with Crippen LogP contribution in [0.25, 0.3) is 0 Å². The molecule has 1 fully saturated rings. The highest BCUT2D eigenvalue weighted by atomic mass is 16.3. The molecule has 0 saturated heterocycles.